The van der Waals surface area contributed by atoms with Gasteiger partial charge in [-0.1, -0.05) is 36.4 Å². The third kappa shape index (κ3) is 4.26. The largest absolute Gasteiger partial charge is 0.508 e. The zero-order valence-corrected chi connectivity index (χ0v) is 19.1. The van der Waals surface area contributed by atoms with Crippen LogP contribution in [0.4, 0.5) is 11.9 Å². The molecule has 1 aromatic heterocycles. The molecule has 1 atom stereocenters. The smallest absolute Gasteiger partial charge is 0.231 e. The van der Waals surface area contributed by atoms with E-state index in [4.69, 9.17) is 15.0 Å². The van der Waals surface area contributed by atoms with E-state index in [9.17, 15) is 15.0 Å². The number of phenols is 1. The van der Waals surface area contributed by atoms with Crippen LogP contribution in [-0.2, 0) is 11.2 Å². The van der Waals surface area contributed by atoms with Crippen molar-refractivity contribution >= 4 is 17.8 Å². The fourth-order valence-electron chi connectivity index (χ4n) is 4.71. The molecule has 5 rings (SSSR count). The Labute approximate surface area is 198 Å². The summed E-state index contributed by atoms with van der Waals surface area (Å²) in [5, 5.41) is 20.3. The number of phenolic OH excluding ortho intramolecular Hbond substituents is 1. The number of aromatic hydroxyl groups is 1. The molecule has 0 bridgehead atoms. The average Bonchev–Trinajstić information content (AvgIpc) is 2.87. The van der Waals surface area contributed by atoms with Crippen molar-refractivity contribution in [3.63, 3.8) is 0 Å². The minimum absolute atomic E-state index is 0.0588. The molecule has 0 aliphatic carbocycles. The number of rotatable bonds is 4. The summed E-state index contributed by atoms with van der Waals surface area (Å²) in [5.74, 6) is 1.68. The third-order valence-corrected chi connectivity index (χ3v) is 6.57. The number of piperazine rings is 1. The van der Waals surface area contributed by atoms with Gasteiger partial charge in [0.05, 0.1) is 12.6 Å². The summed E-state index contributed by atoms with van der Waals surface area (Å²) in [4.78, 5) is 32.0. The fourth-order valence-corrected chi connectivity index (χ4v) is 4.71. The van der Waals surface area contributed by atoms with Gasteiger partial charge in [0.2, 0.25) is 17.8 Å². The summed E-state index contributed by atoms with van der Waals surface area (Å²) in [6.07, 6.45) is 0.826. The van der Waals surface area contributed by atoms with Crippen molar-refractivity contribution in [1.82, 2.24) is 19.9 Å². The number of aromatic nitrogens is 3. The van der Waals surface area contributed by atoms with E-state index in [1.165, 1.54) is 5.56 Å². The molecule has 0 spiro atoms. The van der Waals surface area contributed by atoms with Gasteiger partial charge in [-0.15, -0.1) is 0 Å². The number of nitrogens with zero attached hydrogens (tertiary/aromatic N) is 6. The molecule has 2 aliphatic heterocycles. The van der Waals surface area contributed by atoms with Crippen molar-refractivity contribution < 1.29 is 15.0 Å². The van der Waals surface area contributed by atoms with E-state index < -0.39 is 0 Å². The number of hydrogen-bond acceptors (Lipinski definition) is 8. The van der Waals surface area contributed by atoms with Crippen LogP contribution in [0.2, 0.25) is 0 Å². The Balaban J connectivity index is 1.55. The van der Waals surface area contributed by atoms with Gasteiger partial charge < -0.3 is 24.9 Å². The number of fused-ring (bicyclic) bond motifs is 1. The predicted octanol–water partition coefficient (Wildman–Crippen LogP) is 2.01. The minimum atomic E-state index is -0.258. The highest BCUT2D eigenvalue weighted by atomic mass is 16.3. The summed E-state index contributed by atoms with van der Waals surface area (Å²) >= 11 is 0. The van der Waals surface area contributed by atoms with Gasteiger partial charge in [0.15, 0.2) is 5.82 Å². The number of aliphatic hydroxyl groups is 1. The molecule has 176 valence electrons. The first kappa shape index (κ1) is 22.1. The first-order chi connectivity index (χ1) is 16.5. The van der Waals surface area contributed by atoms with E-state index >= 15 is 0 Å². The molecule has 1 amide bonds. The quantitative estimate of drug-likeness (QED) is 0.609. The van der Waals surface area contributed by atoms with Crippen molar-refractivity contribution in [2.45, 2.75) is 19.4 Å². The van der Waals surface area contributed by atoms with Crippen LogP contribution in [-0.4, -0.2) is 75.3 Å². The first-order valence-corrected chi connectivity index (χ1v) is 11.5. The zero-order valence-electron chi connectivity index (χ0n) is 19.1. The monoisotopic (exact) mass is 460 g/mol. The van der Waals surface area contributed by atoms with Crippen LogP contribution in [0.5, 0.6) is 5.75 Å². The molecule has 1 saturated heterocycles. The Kier molecular flexibility index (Phi) is 6.02. The number of anilines is 2. The van der Waals surface area contributed by atoms with Crippen molar-refractivity contribution in [2.24, 2.45) is 0 Å². The lowest BCUT2D eigenvalue weighted by molar-refractivity contribution is -0.129. The van der Waals surface area contributed by atoms with Gasteiger partial charge >= 0.3 is 0 Å². The Morgan fingerprint density at radius 2 is 1.74 bits per heavy atom. The molecule has 34 heavy (non-hydrogen) atoms. The third-order valence-electron chi connectivity index (χ3n) is 6.57. The zero-order chi connectivity index (χ0) is 23.7. The van der Waals surface area contributed by atoms with Gasteiger partial charge in [-0.05, 0) is 29.7 Å². The molecule has 0 saturated carbocycles. The number of hydrogen-bond donors (Lipinski definition) is 2. The molecule has 1 fully saturated rings. The van der Waals surface area contributed by atoms with E-state index in [2.05, 4.69) is 11.0 Å². The maximum atomic E-state index is 11.8. The molecular weight excluding hydrogens is 432 g/mol. The van der Waals surface area contributed by atoms with Crippen LogP contribution in [0.3, 0.4) is 0 Å². The van der Waals surface area contributed by atoms with E-state index in [0.29, 0.717) is 56.0 Å². The molecule has 2 aromatic carbocycles. The number of carbonyl (C=O) groups is 1. The van der Waals surface area contributed by atoms with E-state index in [-0.39, 0.29) is 24.3 Å². The van der Waals surface area contributed by atoms with Crippen LogP contribution in [0.1, 0.15) is 24.1 Å². The van der Waals surface area contributed by atoms with Crippen molar-refractivity contribution in [3.8, 4) is 17.1 Å². The topological polar surface area (TPSA) is 106 Å². The second kappa shape index (κ2) is 9.26. The van der Waals surface area contributed by atoms with Gasteiger partial charge in [0, 0.05) is 45.2 Å². The molecule has 3 heterocycles. The average molecular weight is 461 g/mol. The SMILES string of the molecule is CC(=O)N1CCN(c2nc(-c3cccc(O)c3)nc(N3CCc4ccccc4C3CO)n2)CC1. The maximum absolute atomic E-state index is 11.8. The molecule has 2 aliphatic rings. The standard InChI is InChI=1S/C25H28N6O3/c1-17(33)29-11-13-30(14-12-29)24-26-23(19-6-4-7-20(34)15-19)27-25(28-24)31-10-9-18-5-2-3-8-21(18)22(31)16-32/h2-8,15,22,32,34H,9-14,16H2,1H3. The second-order valence-corrected chi connectivity index (χ2v) is 8.64. The normalized spacial score (nSPS) is 18.1. The molecule has 2 N–H and O–H groups in total. The Morgan fingerprint density at radius 3 is 2.47 bits per heavy atom. The molecule has 1 unspecified atom stereocenters. The van der Waals surface area contributed by atoms with Crippen molar-refractivity contribution in [3.05, 3.63) is 59.7 Å². The van der Waals surface area contributed by atoms with Gasteiger partial charge in [-0.2, -0.15) is 15.0 Å². The molecule has 9 heteroatoms. The lowest BCUT2D eigenvalue weighted by atomic mass is 9.93. The highest BCUT2D eigenvalue weighted by Crippen LogP contribution is 2.33. The molecule has 3 aromatic rings. The first-order valence-electron chi connectivity index (χ1n) is 11.5. The Hall–Kier alpha value is -3.72. The van der Waals surface area contributed by atoms with Crippen LogP contribution in [0, 0.1) is 0 Å². The van der Waals surface area contributed by atoms with Gasteiger partial charge in [0.1, 0.15) is 5.75 Å². The molecule has 0 radical (unpaired) electrons. The van der Waals surface area contributed by atoms with Crippen LogP contribution < -0.4 is 9.80 Å². The fraction of sp³-hybridized carbons (Fsp3) is 0.360. The lowest BCUT2D eigenvalue weighted by Crippen LogP contribution is -2.48. The highest BCUT2D eigenvalue weighted by molar-refractivity contribution is 5.73. The second-order valence-electron chi connectivity index (χ2n) is 8.64. The van der Waals surface area contributed by atoms with Gasteiger partial charge in [-0.3, -0.25) is 4.79 Å². The van der Waals surface area contributed by atoms with Crippen molar-refractivity contribution in [2.75, 3.05) is 49.1 Å². The minimum Gasteiger partial charge on any atom is -0.508 e. The van der Waals surface area contributed by atoms with Crippen molar-refractivity contribution in [1.29, 1.82) is 0 Å². The van der Waals surface area contributed by atoms with E-state index in [1.807, 2.05) is 34.1 Å². The number of amides is 1. The Morgan fingerprint density at radius 1 is 0.971 bits per heavy atom. The predicted molar refractivity (Wildman–Crippen MR) is 129 cm³/mol. The number of carbonyl (C=O) groups excluding carboxylic acids is 1. The summed E-state index contributed by atoms with van der Waals surface area (Å²) in [6.45, 7) is 4.64. The maximum Gasteiger partial charge on any atom is 0.231 e. The summed E-state index contributed by atoms with van der Waals surface area (Å²) in [5.41, 5.74) is 2.98. The number of benzene rings is 2. The lowest BCUT2D eigenvalue weighted by Gasteiger charge is -2.37. The Bertz CT molecular complexity index is 1190. The van der Waals surface area contributed by atoms with Gasteiger partial charge in [-0.25, -0.2) is 0 Å². The van der Waals surface area contributed by atoms with E-state index in [0.717, 1.165) is 12.0 Å². The molecule has 9 nitrogen and oxygen atoms in total. The van der Waals surface area contributed by atoms with Crippen LogP contribution in [0.25, 0.3) is 11.4 Å². The van der Waals surface area contributed by atoms with E-state index in [1.54, 1.807) is 25.1 Å². The van der Waals surface area contributed by atoms with Crippen LogP contribution >= 0.6 is 0 Å². The number of aliphatic hydroxyl groups excluding tert-OH is 1. The van der Waals surface area contributed by atoms with Crippen LogP contribution in [0.15, 0.2) is 48.5 Å². The van der Waals surface area contributed by atoms with Gasteiger partial charge in [0.25, 0.3) is 0 Å². The highest BCUT2D eigenvalue weighted by Gasteiger charge is 2.30. The molecular formula is C25H28N6O3. The summed E-state index contributed by atoms with van der Waals surface area (Å²) < 4.78 is 0. The summed E-state index contributed by atoms with van der Waals surface area (Å²) in [7, 11) is 0. The summed E-state index contributed by atoms with van der Waals surface area (Å²) in [6, 6.07) is 14.7.